The Morgan fingerprint density at radius 1 is 1.00 bits per heavy atom. The molecular formula is C23H27NO. The zero-order valence-electron chi connectivity index (χ0n) is 14.8. The summed E-state index contributed by atoms with van der Waals surface area (Å²) in [6.07, 6.45) is 7.98. The van der Waals surface area contributed by atoms with Crippen LogP contribution in [0.3, 0.4) is 0 Å². The number of rotatable bonds is 3. The Bertz CT molecular complexity index is 752. The molecule has 2 nitrogen and oxygen atoms in total. The quantitative estimate of drug-likeness (QED) is 0.885. The van der Waals surface area contributed by atoms with Gasteiger partial charge in [0.2, 0.25) is 0 Å². The lowest BCUT2D eigenvalue weighted by molar-refractivity contribution is 0.0784. The fraction of sp³-hybridized carbons (Fsp3) is 0.478. The number of piperidine rings is 1. The molecule has 0 unspecified atom stereocenters. The minimum absolute atomic E-state index is 0.411. The van der Waals surface area contributed by atoms with Crippen molar-refractivity contribution in [3.05, 3.63) is 65.2 Å². The first-order chi connectivity index (χ1) is 12.4. The summed E-state index contributed by atoms with van der Waals surface area (Å²) in [4.78, 5) is 0. The van der Waals surface area contributed by atoms with Crippen molar-refractivity contribution in [3.8, 4) is 5.75 Å². The van der Waals surface area contributed by atoms with Crippen LogP contribution in [0, 0.1) is 5.92 Å². The molecule has 2 heteroatoms. The smallest absolute Gasteiger partial charge is 0.123 e. The zero-order chi connectivity index (χ0) is 16.7. The second kappa shape index (κ2) is 6.17. The average Bonchev–Trinajstić information content (AvgIpc) is 2.67. The van der Waals surface area contributed by atoms with Gasteiger partial charge in [-0.1, -0.05) is 55.3 Å². The largest absolute Gasteiger partial charge is 0.489 e. The van der Waals surface area contributed by atoms with Crippen molar-refractivity contribution in [2.45, 2.75) is 56.6 Å². The predicted octanol–water partition coefficient (Wildman–Crippen LogP) is 4.61. The van der Waals surface area contributed by atoms with E-state index in [4.69, 9.17) is 4.74 Å². The molecule has 0 amide bonds. The van der Waals surface area contributed by atoms with E-state index in [1.807, 2.05) is 0 Å². The Kier molecular flexibility index (Phi) is 3.82. The van der Waals surface area contributed by atoms with Crippen LogP contribution in [0.25, 0.3) is 0 Å². The van der Waals surface area contributed by atoms with Crippen molar-refractivity contribution in [2.75, 3.05) is 6.54 Å². The van der Waals surface area contributed by atoms with Gasteiger partial charge in [-0.3, -0.25) is 0 Å². The van der Waals surface area contributed by atoms with Crippen molar-refractivity contribution in [2.24, 2.45) is 5.92 Å². The summed E-state index contributed by atoms with van der Waals surface area (Å²) in [6.45, 7) is 1.83. The van der Waals surface area contributed by atoms with Crippen LogP contribution in [-0.4, -0.2) is 12.6 Å². The van der Waals surface area contributed by atoms with Crippen LogP contribution in [0.2, 0.25) is 0 Å². The topological polar surface area (TPSA) is 21.3 Å². The molecule has 2 aliphatic carbocycles. The number of hydrogen-bond donors (Lipinski definition) is 1. The Morgan fingerprint density at radius 2 is 1.92 bits per heavy atom. The maximum atomic E-state index is 6.30. The van der Waals surface area contributed by atoms with E-state index in [1.165, 1.54) is 49.8 Å². The Hall–Kier alpha value is -1.80. The van der Waals surface area contributed by atoms with Gasteiger partial charge in [0.1, 0.15) is 12.4 Å². The van der Waals surface area contributed by atoms with E-state index in [1.54, 1.807) is 5.56 Å². The van der Waals surface area contributed by atoms with Crippen LogP contribution in [0.1, 0.15) is 48.8 Å². The zero-order valence-corrected chi connectivity index (χ0v) is 14.8. The SMILES string of the molecule is c1ccc(COc2cccc3c2C[C@H]2NCC[C@@]34CCCC[C@@H]24)cc1. The van der Waals surface area contributed by atoms with Gasteiger partial charge in [-0.05, 0) is 60.9 Å². The van der Waals surface area contributed by atoms with Crippen LogP contribution in [0.5, 0.6) is 5.75 Å². The van der Waals surface area contributed by atoms with Gasteiger partial charge in [0.25, 0.3) is 0 Å². The van der Waals surface area contributed by atoms with Crippen molar-refractivity contribution >= 4 is 0 Å². The average molecular weight is 333 g/mol. The molecule has 0 radical (unpaired) electrons. The first-order valence-electron chi connectivity index (χ1n) is 9.89. The van der Waals surface area contributed by atoms with Crippen LogP contribution < -0.4 is 10.1 Å². The fourth-order valence-corrected chi connectivity index (χ4v) is 5.80. The molecule has 3 aliphatic rings. The van der Waals surface area contributed by atoms with Crippen molar-refractivity contribution in [1.29, 1.82) is 0 Å². The van der Waals surface area contributed by atoms with Crippen LogP contribution in [0.15, 0.2) is 48.5 Å². The number of fused-ring (bicyclic) bond motifs is 1. The molecule has 5 rings (SSSR count). The lowest BCUT2D eigenvalue weighted by Gasteiger charge is -2.56. The van der Waals surface area contributed by atoms with E-state index in [0.29, 0.717) is 18.1 Å². The summed E-state index contributed by atoms with van der Waals surface area (Å²) in [5.41, 5.74) is 4.74. The molecule has 2 aromatic carbocycles. The molecule has 0 spiro atoms. The predicted molar refractivity (Wildman–Crippen MR) is 101 cm³/mol. The van der Waals surface area contributed by atoms with Gasteiger partial charge >= 0.3 is 0 Å². The Labute approximate surface area is 150 Å². The van der Waals surface area contributed by atoms with Crippen LogP contribution >= 0.6 is 0 Å². The lowest BCUT2D eigenvalue weighted by atomic mass is 9.53. The highest BCUT2D eigenvalue weighted by Crippen LogP contribution is 2.55. The summed E-state index contributed by atoms with van der Waals surface area (Å²) in [7, 11) is 0. The maximum Gasteiger partial charge on any atom is 0.123 e. The highest BCUT2D eigenvalue weighted by molar-refractivity contribution is 5.49. The number of ether oxygens (including phenoxy) is 1. The van der Waals surface area contributed by atoms with E-state index in [0.717, 1.165) is 18.1 Å². The van der Waals surface area contributed by atoms with Crippen molar-refractivity contribution < 1.29 is 4.74 Å². The summed E-state index contributed by atoms with van der Waals surface area (Å²) in [5, 5.41) is 3.83. The summed E-state index contributed by atoms with van der Waals surface area (Å²) in [5.74, 6) is 1.94. The van der Waals surface area contributed by atoms with Gasteiger partial charge in [0.05, 0.1) is 0 Å². The second-order valence-electron chi connectivity index (χ2n) is 8.08. The van der Waals surface area contributed by atoms with Crippen molar-refractivity contribution in [3.63, 3.8) is 0 Å². The fourth-order valence-electron chi connectivity index (χ4n) is 5.80. The molecule has 1 saturated carbocycles. The molecule has 130 valence electrons. The van der Waals surface area contributed by atoms with Gasteiger partial charge < -0.3 is 10.1 Å². The van der Waals surface area contributed by atoms with Gasteiger partial charge in [0, 0.05) is 11.5 Å². The van der Waals surface area contributed by atoms with Crippen LogP contribution in [0.4, 0.5) is 0 Å². The van der Waals surface area contributed by atoms with E-state index in [-0.39, 0.29) is 0 Å². The Morgan fingerprint density at radius 3 is 2.84 bits per heavy atom. The first kappa shape index (κ1) is 15.5. The monoisotopic (exact) mass is 333 g/mol. The molecule has 0 aromatic heterocycles. The minimum atomic E-state index is 0.411. The third-order valence-electron chi connectivity index (χ3n) is 6.89. The lowest BCUT2D eigenvalue weighted by Crippen LogP contribution is -2.59. The van der Waals surface area contributed by atoms with Gasteiger partial charge in [0.15, 0.2) is 0 Å². The second-order valence-corrected chi connectivity index (χ2v) is 8.08. The van der Waals surface area contributed by atoms with Gasteiger partial charge in [-0.25, -0.2) is 0 Å². The highest BCUT2D eigenvalue weighted by Gasteiger charge is 2.51. The third-order valence-corrected chi connectivity index (χ3v) is 6.89. The molecule has 2 fully saturated rings. The summed E-state index contributed by atoms with van der Waals surface area (Å²) >= 11 is 0. The molecule has 1 heterocycles. The summed E-state index contributed by atoms with van der Waals surface area (Å²) < 4.78 is 6.30. The van der Waals surface area contributed by atoms with E-state index >= 15 is 0 Å². The Balaban J connectivity index is 1.50. The first-order valence-corrected chi connectivity index (χ1v) is 9.89. The normalized spacial score (nSPS) is 30.2. The third kappa shape index (κ3) is 2.50. The molecule has 3 atom stereocenters. The van der Waals surface area contributed by atoms with Gasteiger partial charge in [-0.2, -0.15) is 0 Å². The molecule has 2 bridgehead atoms. The number of benzene rings is 2. The maximum absolute atomic E-state index is 6.30. The highest BCUT2D eigenvalue weighted by atomic mass is 16.5. The minimum Gasteiger partial charge on any atom is -0.489 e. The van der Waals surface area contributed by atoms with Crippen molar-refractivity contribution in [1.82, 2.24) is 5.32 Å². The standard InChI is InChI=1S/C23H27NO/c1-2-7-17(8-3-1)16-25-22-11-6-10-19-18(22)15-21-20-9-4-5-12-23(19,20)13-14-24-21/h1-3,6-8,10-11,20-21,24H,4-5,9,12-16H2/t20-,21+,23-/m0/s1. The van der Waals surface area contributed by atoms with E-state index < -0.39 is 0 Å². The molecule has 2 aromatic rings. The molecule has 25 heavy (non-hydrogen) atoms. The molecular weight excluding hydrogens is 306 g/mol. The summed E-state index contributed by atoms with van der Waals surface area (Å²) in [6, 6.07) is 18.0. The molecule has 1 saturated heterocycles. The van der Waals surface area contributed by atoms with Crippen LogP contribution in [-0.2, 0) is 18.4 Å². The molecule has 1 N–H and O–H groups in total. The van der Waals surface area contributed by atoms with E-state index in [2.05, 4.69) is 53.8 Å². The van der Waals surface area contributed by atoms with E-state index in [9.17, 15) is 0 Å². The number of hydrogen-bond acceptors (Lipinski definition) is 2. The number of nitrogens with one attached hydrogen (secondary N) is 1. The molecule has 1 aliphatic heterocycles. The van der Waals surface area contributed by atoms with Gasteiger partial charge in [-0.15, -0.1) is 0 Å².